The number of benzene rings is 2. The van der Waals surface area contributed by atoms with E-state index in [9.17, 15) is 4.91 Å². The van der Waals surface area contributed by atoms with Crippen LogP contribution in [0.5, 0.6) is 0 Å². The summed E-state index contributed by atoms with van der Waals surface area (Å²) in [5, 5.41) is 8.41. The van der Waals surface area contributed by atoms with Gasteiger partial charge in [-0.2, -0.15) is 0 Å². The minimum Gasteiger partial charge on any atom is -0.361 e. The highest BCUT2D eigenvalue weighted by molar-refractivity contribution is 8.14. The fourth-order valence-corrected chi connectivity index (χ4v) is 6.01. The number of fused-ring (bicyclic) bond motifs is 2. The van der Waals surface area contributed by atoms with E-state index in [0.29, 0.717) is 11.7 Å². The highest BCUT2D eigenvalue weighted by Gasteiger charge is 2.33. The Hall–Kier alpha value is -2.45. The molecule has 0 aliphatic carbocycles. The molecule has 148 valence electrons. The van der Waals surface area contributed by atoms with Crippen molar-refractivity contribution >= 4 is 55.0 Å². The van der Waals surface area contributed by atoms with Crippen LogP contribution in [0.25, 0.3) is 10.2 Å². The first-order valence-corrected chi connectivity index (χ1v) is 11.6. The lowest BCUT2D eigenvalue weighted by molar-refractivity contribution is 0.440. The van der Waals surface area contributed by atoms with Gasteiger partial charge in [0.05, 0.1) is 15.9 Å². The number of anilines is 1. The predicted molar refractivity (Wildman–Crippen MR) is 123 cm³/mol. The van der Waals surface area contributed by atoms with Gasteiger partial charge < -0.3 is 10.2 Å². The number of amidine groups is 1. The van der Waals surface area contributed by atoms with E-state index in [4.69, 9.17) is 4.99 Å². The molecule has 1 atom stereocenters. The zero-order valence-corrected chi connectivity index (χ0v) is 17.5. The Kier molecular flexibility index (Phi) is 5.20. The average molecular weight is 424 g/mol. The lowest BCUT2D eigenvalue weighted by atomic mass is 10.1. The van der Waals surface area contributed by atoms with Crippen LogP contribution in [0.3, 0.4) is 0 Å². The van der Waals surface area contributed by atoms with Crippen LogP contribution in [0.2, 0.25) is 0 Å². The summed E-state index contributed by atoms with van der Waals surface area (Å²) in [5.74, 6) is 1.18. The first-order valence-electron chi connectivity index (χ1n) is 9.83. The quantitative estimate of drug-likeness (QED) is 0.527. The van der Waals surface area contributed by atoms with Crippen molar-refractivity contribution in [2.24, 2.45) is 10.2 Å². The Labute approximate surface area is 177 Å². The monoisotopic (exact) mass is 423 g/mol. The zero-order chi connectivity index (χ0) is 19.6. The molecular formula is C21H21N5OS2. The van der Waals surface area contributed by atoms with Gasteiger partial charge in [-0.25, -0.2) is 9.98 Å². The molecule has 2 aliphatic heterocycles. The minimum atomic E-state index is 0.438. The van der Waals surface area contributed by atoms with Crippen molar-refractivity contribution in [1.29, 1.82) is 0 Å². The number of nitroso groups, excluding NO2 is 1. The molecule has 29 heavy (non-hydrogen) atoms. The highest BCUT2D eigenvalue weighted by atomic mass is 32.2. The van der Waals surface area contributed by atoms with Crippen LogP contribution in [0.4, 0.5) is 16.5 Å². The molecule has 2 aliphatic rings. The van der Waals surface area contributed by atoms with Gasteiger partial charge in [0.1, 0.15) is 5.69 Å². The van der Waals surface area contributed by atoms with Gasteiger partial charge in [0.15, 0.2) is 10.3 Å². The van der Waals surface area contributed by atoms with E-state index in [1.165, 1.54) is 29.3 Å². The van der Waals surface area contributed by atoms with E-state index in [2.05, 4.69) is 44.6 Å². The third-order valence-electron chi connectivity index (χ3n) is 5.36. The molecule has 2 fully saturated rings. The molecule has 0 spiro atoms. The molecule has 2 saturated heterocycles. The van der Waals surface area contributed by atoms with E-state index in [0.717, 1.165) is 40.5 Å². The second-order valence-corrected chi connectivity index (χ2v) is 9.32. The van der Waals surface area contributed by atoms with Gasteiger partial charge in [0, 0.05) is 24.9 Å². The molecular weight excluding hydrogens is 402 g/mol. The normalized spacial score (nSPS) is 19.8. The molecule has 1 N–H and O–H groups in total. The summed E-state index contributed by atoms with van der Waals surface area (Å²) in [5.41, 5.74) is 3.63. The number of hydrogen-bond donors (Lipinski definition) is 1. The molecule has 0 bridgehead atoms. The SMILES string of the molecule is O=Nc1ccc2nc(NCCc3ccc(N=C4SC[C@@H]5CCCN45)cc3)sc2c1. The van der Waals surface area contributed by atoms with E-state index in [1.54, 1.807) is 23.5 Å². The molecule has 6 nitrogen and oxygen atoms in total. The standard InChI is InChI=1S/C21H21N5OS2/c27-25-16-7-8-18-19(12-16)29-20(24-18)22-10-9-14-3-5-15(6-4-14)23-21-26-11-1-2-17(26)13-28-21/h3-8,12,17H,1-2,9-11,13H2,(H,22,24)/t17-/m0/s1. The predicted octanol–water partition coefficient (Wildman–Crippen LogP) is 5.55. The topological polar surface area (TPSA) is 70.0 Å². The average Bonchev–Trinajstić information content (AvgIpc) is 3.45. The van der Waals surface area contributed by atoms with Gasteiger partial charge in [-0.15, -0.1) is 4.91 Å². The minimum absolute atomic E-state index is 0.438. The number of aliphatic imine (C=N–C) groups is 1. The molecule has 1 aromatic heterocycles. The Morgan fingerprint density at radius 2 is 2.03 bits per heavy atom. The molecule has 3 aromatic rings. The van der Waals surface area contributed by atoms with Gasteiger partial charge in [0.2, 0.25) is 0 Å². The summed E-state index contributed by atoms with van der Waals surface area (Å²) in [6, 6.07) is 14.5. The molecule has 2 aromatic carbocycles. The summed E-state index contributed by atoms with van der Waals surface area (Å²) in [6.45, 7) is 1.96. The smallest absolute Gasteiger partial charge is 0.183 e. The third kappa shape index (κ3) is 4.00. The van der Waals surface area contributed by atoms with Gasteiger partial charge in [-0.1, -0.05) is 35.2 Å². The summed E-state index contributed by atoms with van der Waals surface area (Å²) in [7, 11) is 0. The van der Waals surface area contributed by atoms with Crippen molar-refractivity contribution in [3.63, 3.8) is 0 Å². The summed E-state index contributed by atoms with van der Waals surface area (Å²) >= 11 is 3.43. The van der Waals surface area contributed by atoms with Crippen LogP contribution in [0, 0.1) is 4.91 Å². The maximum absolute atomic E-state index is 10.7. The molecule has 0 radical (unpaired) electrons. The third-order valence-corrected chi connectivity index (χ3v) is 7.47. The molecule has 8 heteroatoms. The van der Waals surface area contributed by atoms with Crippen LogP contribution >= 0.6 is 23.1 Å². The maximum atomic E-state index is 10.7. The van der Waals surface area contributed by atoms with Crippen LogP contribution in [-0.4, -0.2) is 39.9 Å². The number of hydrogen-bond acceptors (Lipinski definition) is 7. The lowest BCUT2D eigenvalue weighted by Gasteiger charge is -2.16. The van der Waals surface area contributed by atoms with Crippen molar-refractivity contribution in [2.75, 3.05) is 24.2 Å². The maximum Gasteiger partial charge on any atom is 0.183 e. The molecule has 3 heterocycles. The summed E-state index contributed by atoms with van der Waals surface area (Å²) < 4.78 is 0.970. The number of thiazole rings is 1. The van der Waals surface area contributed by atoms with Crippen LogP contribution in [0.1, 0.15) is 18.4 Å². The van der Waals surface area contributed by atoms with Crippen LogP contribution < -0.4 is 5.32 Å². The number of thioether (sulfide) groups is 1. The molecule has 5 rings (SSSR count). The molecule has 0 unspecified atom stereocenters. The Balaban J connectivity index is 1.18. The Morgan fingerprint density at radius 1 is 1.17 bits per heavy atom. The first kappa shape index (κ1) is 18.6. The fourth-order valence-electron chi connectivity index (χ4n) is 3.82. The van der Waals surface area contributed by atoms with Crippen molar-refractivity contribution in [1.82, 2.24) is 9.88 Å². The van der Waals surface area contributed by atoms with Crippen molar-refractivity contribution < 1.29 is 0 Å². The van der Waals surface area contributed by atoms with Crippen molar-refractivity contribution in [3.8, 4) is 0 Å². The number of rotatable bonds is 6. The summed E-state index contributed by atoms with van der Waals surface area (Å²) in [6.07, 6.45) is 3.51. The Morgan fingerprint density at radius 3 is 2.90 bits per heavy atom. The first-order chi connectivity index (χ1) is 14.3. The van der Waals surface area contributed by atoms with Crippen molar-refractivity contribution in [2.45, 2.75) is 25.3 Å². The lowest BCUT2D eigenvalue weighted by Crippen LogP contribution is -2.27. The summed E-state index contributed by atoms with van der Waals surface area (Å²) in [4.78, 5) is 22.5. The van der Waals surface area contributed by atoms with E-state index < -0.39 is 0 Å². The fraction of sp³-hybridized carbons (Fsp3) is 0.333. The second-order valence-electron chi connectivity index (χ2n) is 7.30. The largest absolute Gasteiger partial charge is 0.361 e. The van der Waals surface area contributed by atoms with Crippen molar-refractivity contribution in [3.05, 3.63) is 52.9 Å². The van der Waals surface area contributed by atoms with Gasteiger partial charge >= 0.3 is 0 Å². The number of nitrogens with zero attached hydrogens (tertiary/aromatic N) is 4. The number of nitrogens with one attached hydrogen (secondary N) is 1. The van der Waals surface area contributed by atoms with Gasteiger partial charge in [0.25, 0.3) is 0 Å². The van der Waals surface area contributed by atoms with E-state index in [-0.39, 0.29) is 0 Å². The zero-order valence-electron chi connectivity index (χ0n) is 15.9. The van der Waals surface area contributed by atoms with E-state index >= 15 is 0 Å². The second kappa shape index (κ2) is 8.12. The number of aromatic nitrogens is 1. The van der Waals surface area contributed by atoms with E-state index in [1.807, 2.05) is 17.8 Å². The Bertz CT molecular complexity index is 1060. The van der Waals surface area contributed by atoms with Gasteiger partial charge in [-0.05, 0) is 60.3 Å². The molecule has 0 saturated carbocycles. The molecule has 0 amide bonds. The van der Waals surface area contributed by atoms with Crippen LogP contribution in [-0.2, 0) is 6.42 Å². The van der Waals surface area contributed by atoms with Gasteiger partial charge in [-0.3, -0.25) is 0 Å². The van der Waals surface area contributed by atoms with Crippen LogP contribution in [0.15, 0.2) is 52.6 Å². The highest BCUT2D eigenvalue weighted by Crippen LogP contribution is 2.33.